The van der Waals surface area contributed by atoms with Crippen LogP contribution in [-0.2, 0) is 6.42 Å². The van der Waals surface area contributed by atoms with E-state index in [2.05, 4.69) is 4.40 Å². The topological polar surface area (TPSA) is 12.4 Å². The van der Waals surface area contributed by atoms with Gasteiger partial charge in [-0.15, -0.1) is 0 Å². The zero-order valence-corrected chi connectivity index (χ0v) is 10.7. The maximum atomic E-state index is 13.2. The quantitative estimate of drug-likeness (QED) is 0.452. The summed E-state index contributed by atoms with van der Waals surface area (Å²) in [4.78, 5) is 0. The van der Waals surface area contributed by atoms with Crippen LogP contribution in [0, 0.1) is 17.5 Å². The van der Waals surface area contributed by atoms with Crippen LogP contribution in [0.3, 0.4) is 0 Å². The third kappa shape index (κ3) is 4.81. The highest BCUT2D eigenvalue weighted by Crippen LogP contribution is 2.23. The molecule has 0 saturated carbocycles. The van der Waals surface area contributed by atoms with Gasteiger partial charge in [0, 0.05) is 23.4 Å². The van der Waals surface area contributed by atoms with Gasteiger partial charge in [0.05, 0.1) is 0 Å². The second kappa shape index (κ2) is 5.58. The first-order chi connectivity index (χ1) is 7.79. The van der Waals surface area contributed by atoms with Crippen LogP contribution in [-0.4, -0.2) is 11.0 Å². The molecule has 0 atom stereocenters. The van der Waals surface area contributed by atoms with Crippen LogP contribution in [0.2, 0.25) is 0 Å². The van der Waals surface area contributed by atoms with Crippen LogP contribution in [0.25, 0.3) is 0 Å². The maximum Gasteiger partial charge on any atom is 0.161 e. The van der Waals surface area contributed by atoms with E-state index >= 15 is 0 Å². The van der Waals surface area contributed by atoms with Crippen molar-refractivity contribution in [1.29, 1.82) is 0 Å². The van der Waals surface area contributed by atoms with Crippen LogP contribution in [0.4, 0.5) is 13.2 Å². The van der Waals surface area contributed by atoms with E-state index in [1.54, 1.807) is 0 Å². The molecule has 0 unspecified atom stereocenters. The lowest BCUT2D eigenvalue weighted by molar-refractivity contribution is 0.491. The summed E-state index contributed by atoms with van der Waals surface area (Å²) in [6, 6.07) is 1.41. The Morgan fingerprint density at radius 1 is 1.12 bits per heavy atom. The molecular weight excluding hydrogens is 247 g/mol. The molecule has 0 fully saturated rings. The number of benzene rings is 1. The number of rotatable bonds is 3. The van der Waals surface area contributed by atoms with Crippen molar-refractivity contribution in [2.45, 2.75) is 31.9 Å². The van der Waals surface area contributed by atoms with E-state index in [9.17, 15) is 13.2 Å². The van der Waals surface area contributed by atoms with Crippen molar-refractivity contribution in [2.75, 3.05) is 0 Å². The first-order valence-electron chi connectivity index (χ1n) is 5.13. The van der Waals surface area contributed by atoms with Gasteiger partial charge in [0.15, 0.2) is 11.6 Å². The summed E-state index contributed by atoms with van der Waals surface area (Å²) in [5, 5.41) is 0. The van der Waals surface area contributed by atoms with Crippen LogP contribution in [0.5, 0.6) is 0 Å². The average Bonchev–Trinajstić information content (AvgIpc) is 2.18. The predicted octanol–water partition coefficient (Wildman–Crippen LogP) is 4.16. The number of hydrogen-bond donors (Lipinski definition) is 0. The molecule has 94 valence electrons. The van der Waals surface area contributed by atoms with Crippen LogP contribution in [0.1, 0.15) is 26.3 Å². The molecule has 0 radical (unpaired) electrons. The Hall–Kier alpha value is -0.970. The Morgan fingerprint density at radius 3 is 2.29 bits per heavy atom. The smallest absolute Gasteiger partial charge is 0.161 e. The fourth-order valence-corrected chi connectivity index (χ4v) is 1.52. The van der Waals surface area contributed by atoms with E-state index in [0.717, 1.165) is 6.07 Å². The normalized spacial score (nSPS) is 12.4. The SMILES string of the molecule is CC(C)(C)SN=CCc1cc(F)c(F)cc1F. The highest BCUT2D eigenvalue weighted by atomic mass is 32.2. The summed E-state index contributed by atoms with van der Waals surface area (Å²) in [7, 11) is 0. The molecule has 0 N–H and O–H groups in total. The Bertz CT molecular complexity index is 424. The Balaban J connectivity index is 2.67. The maximum absolute atomic E-state index is 13.2. The fraction of sp³-hybridized carbons (Fsp3) is 0.417. The monoisotopic (exact) mass is 261 g/mol. The van der Waals surface area contributed by atoms with E-state index in [-0.39, 0.29) is 16.7 Å². The van der Waals surface area contributed by atoms with Crippen LogP contribution in [0.15, 0.2) is 16.5 Å². The lowest BCUT2D eigenvalue weighted by Crippen LogP contribution is -2.05. The summed E-state index contributed by atoms with van der Waals surface area (Å²) in [5.41, 5.74) is 0.0992. The molecule has 0 saturated heterocycles. The summed E-state index contributed by atoms with van der Waals surface area (Å²) < 4.78 is 42.7. The van der Waals surface area contributed by atoms with Crippen LogP contribution >= 0.6 is 11.9 Å². The van der Waals surface area contributed by atoms with Gasteiger partial charge in [0.25, 0.3) is 0 Å². The molecule has 1 rings (SSSR count). The Kier molecular flexibility index (Phi) is 4.62. The second-order valence-corrected chi connectivity index (χ2v) is 6.17. The van der Waals surface area contributed by atoms with Gasteiger partial charge >= 0.3 is 0 Å². The van der Waals surface area contributed by atoms with Gasteiger partial charge in [-0.25, -0.2) is 17.6 Å². The molecule has 0 aromatic heterocycles. The molecule has 0 aliphatic rings. The molecular formula is C12H14F3NS. The zero-order chi connectivity index (χ0) is 13.1. The van der Waals surface area contributed by atoms with E-state index < -0.39 is 17.5 Å². The summed E-state index contributed by atoms with van der Waals surface area (Å²) in [5.74, 6) is -2.97. The molecule has 0 spiro atoms. The van der Waals surface area contributed by atoms with Gasteiger partial charge in [-0.2, -0.15) is 0 Å². The van der Waals surface area contributed by atoms with Crippen molar-refractivity contribution in [3.63, 3.8) is 0 Å². The van der Waals surface area contributed by atoms with E-state index in [1.807, 2.05) is 20.8 Å². The second-order valence-electron chi connectivity index (χ2n) is 4.55. The summed E-state index contributed by atoms with van der Waals surface area (Å²) in [6.07, 6.45) is 1.64. The molecule has 5 heteroatoms. The van der Waals surface area contributed by atoms with Gasteiger partial charge < -0.3 is 0 Å². The van der Waals surface area contributed by atoms with Crippen molar-refractivity contribution >= 4 is 18.2 Å². The van der Waals surface area contributed by atoms with Crippen molar-refractivity contribution in [1.82, 2.24) is 0 Å². The minimum Gasteiger partial charge on any atom is -0.228 e. The van der Waals surface area contributed by atoms with Crippen molar-refractivity contribution in [3.05, 3.63) is 35.1 Å². The van der Waals surface area contributed by atoms with Crippen LogP contribution < -0.4 is 0 Å². The molecule has 17 heavy (non-hydrogen) atoms. The predicted molar refractivity (Wildman–Crippen MR) is 65.9 cm³/mol. The van der Waals surface area contributed by atoms with Crippen molar-refractivity contribution in [2.24, 2.45) is 4.40 Å². The van der Waals surface area contributed by atoms with Crippen molar-refractivity contribution < 1.29 is 13.2 Å². The Morgan fingerprint density at radius 2 is 1.71 bits per heavy atom. The number of halogens is 3. The van der Waals surface area contributed by atoms with Crippen molar-refractivity contribution in [3.8, 4) is 0 Å². The molecule has 0 amide bonds. The molecule has 0 bridgehead atoms. The first kappa shape index (κ1) is 14.1. The highest BCUT2D eigenvalue weighted by Gasteiger charge is 2.10. The minimum absolute atomic E-state index is 0.0247. The fourth-order valence-electron chi connectivity index (χ4n) is 1.05. The van der Waals surface area contributed by atoms with Gasteiger partial charge in [-0.1, -0.05) is 0 Å². The van der Waals surface area contributed by atoms with E-state index in [4.69, 9.17) is 0 Å². The van der Waals surface area contributed by atoms with Gasteiger partial charge in [0.2, 0.25) is 0 Å². The lowest BCUT2D eigenvalue weighted by atomic mass is 10.1. The van der Waals surface area contributed by atoms with E-state index in [1.165, 1.54) is 18.2 Å². The van der Waals surface area contributed by atoms with Gasteiger partial charge in [0.1, 0.15) is 5.82 Å². The molecule has 1 aromatic rings. The third-order valence-corrected chi connectivity index (χ3v) is 2.60. The highest BCUT2D eigenvalue weighted by molar-refractivity contribution is 7.99. The molecule has 0 aliphatic carbocycles. The number of hydrogen-bond acceptors (Lipinski definition) is 2. The standard InChI is InChI=1S/C12H14F3NS/c1-12(2,3)17-16-5-4-8-6-10(14)11(15)7-9(8)13/h5-7H,4H2,1-3H3. The first-order valence-corrected chi connectivity index (χ1v) is 5.90. The molecule has 0 heterocycles. The number of nitrogens with zero attached hydrogens (tertiary/aromatic N) is 1. The summed E-state index contributed by atoms with van der Waals surface area (Å²) >= 11 is 1.35. The van der Waals surface area contributed by atoms with E-state index in [0.29, 0.717) is 6.07 Å². The summed E-state index contributed by atoms with van der Waals surface area (Å²) in [6.45, 7) is 5.98. The Labute approximate surface area is 103 Å². The zero-order valence-electron chi connectivity index (χ0n) is 9.93. The lowest BCUT2D eigenvalue weighted by Gasteiger charge is -2.12. The molecule has 0 aliphatic heterocycles. The minimum atomic E-state index is -1.17. The third-order valence-electron chi connectivity index (χ3n) is 1.80. The largest absolute Gasteiger partial charge is 0.228 e. The van der Waals surface area contributed by atoms with Gasteiger partial charge in [-0.05, 0) is 44.3 Å². The average molecular weight is 261 g/mol. The van der Waals surface area contributed by atoms with Gasteiger partial charge in [-0.3, -0.25) is 0 Å². The molecule has 1 nitrogen and oxygen atoms in total. The molecule has 1 aromatic carbocycles.